The lowest BCUT2D eigenvalue weighted by atomic mass is 9.53. The standard InChI is InChI=1S/C21H40O2/c1-5-7-12-21(6-2,17-8-10-19(22)15(3)13-17)18-9-11-20(23)16(4)14-18/h15-20,22-23H,5-14H2,1-4H3. The third-order valence-electron chi connectivity index (χ3n) is 7.53. The topological polar surface area (TPSA) is 40.5 Å². The van der Waals surface area contributed by atoms with Gasteiger partial charge in [0.25, 0.3) is 0 Å². The van der Waals surface area contributed by atoms with Crippen molar-refractivity contribution in [2.75, 3.05) is 0 Å². The first-order chi connectivity index (χ1) is 10.9. The normalized spacial score (nSPS) is 41.5. The molecular weight excluding hydrogens is 284 g/mol. The van der Waals surface area contributed by atoms with Crippen LogP contribution in [0.2, 0.25) is 0 Å². The molecule has 2 saturated carbocycles. The van der Waals surface area contributed by atoms with E-state index in [1.54, 1.807) is 0 Å². The van der Waals surface area contributed by atoms with Crippen molar-refractivity contribution in [2.24, 2.45) is 29.1 Å². The van der Waals surface area contributed by atoms with E-state index in [4.69, 9.17) is 0 Å². The van der Waals surface area contributed by atoms with E-state index in [0.29, 0.717) is 17.3 Å². The Kier molecular flexibility index (Phi) is 6.98. The Balaban J connectivity index is 2.20. The van der Waals surface area contributed by atoms with E-state index in [0.717, 1.165) is 24.7 Å². The van der Waals surface area contributed by atoms with Crippen molar-refractivity contribution in [2.45, 2.75) is 104 Å². The molecule has 136 valence electrons. The van der Waals surface area contributed by atoms with Crippen LogP contribution in [-0.2, 0) is 0 Å². The number of hydrogen-bond acceptors (Lipinski definition) is 2. The van der Waals surface area contributed by atoms with Crippen molar-refractivity contribution < 1.29 is 10.2 Å². The monoisotopic (exact) mass is 324 g/mol. The fourth-order valence-electron chi connectivity index (χ4n) is 5.81. The minimum Gasteiger partial charge on any atom is -0.393 e. The van der Waals surface area contributed by atoms with Crippen molar-refractivity contribution in [1.82, 2.24) is 0 Å². The molecule has 2 aliphatic rings. The molecule has 2 rings (SSSR count). The first-order valence-corrected chi connectivity index (χ1v) is 10.3. The van der Waals surface area contributed by atoms with Crippen LogP contribution in [0.4, 0.5) is 0 Å². The molecule has 0 amide bonds. The molecule has 6 unspecified atom stereocenters. The van der Waals surface area contributed by atoms with Crippen molar-refractivity contribution >= 4 is 0 Å². The Morgan fingerprint density at radius 1 is 0.826 bits per heavy atom. The van der Waals surface area contributed by atoms with Crippen LogP contribution in [0.5, 0.6) is 0 Å². The molecule has 0 radical (unpaired) electrons. The molecule has 6 atom stereocenters. The average Bonchev–Trinajstić information content (AvgIpc) is 2.54. The van der Waals surface area contributed by atoms with Gasteiger partial charge in [0.15, 0.2) is 0 Å². The zero-order valence-electron chi connectivity index (χ0n) is 15.9. The summed E-state index contributed by atoms with van der Waals surface area (Å²) in [7, 11) is 0. The van der Waals surface area contributed by atoms with E-state index in [1.165, 1.54) is 51.4 Å². The SMILES string of the molecule is CCCCC(CC)(C1CCC(O)C(C)C1)C1CCC(O)C(C)C1. The first kappa shape index (κ1) is 19.2. The second-order valence-corrected chi connectivity index (χ2v) is 8.80. The van der Waals surface area contributed by atoms with Gasteiger partial charge in [-0.1, -0.05) is 40.5 Å². The predicted molar refractivity (Wildman–Crippen MR) is 97.3 cm³/mol. The van der Waals surface area contributed by atoms with Crippen molar-refractivity contribution in [3.63, 3.8) is 0 Å². The summed E-state index contributed by atoms with van der Waals surface area (Å²) in [4.78, 5) is 0. The van der Waals surface area contributed by atoms with Gasteiger partial charge < -0.3 is 10.2 Å². The molecule has 0 aromatic rings. The minimum atomic E-state index is -0.0842. The third-order valence-corrected chi connectivity index (χ3v) is 7.53. The molecule has 2 nitrogen and oxygen atoms in total. The van der Waals surface area contributed by atoms with Crippen molar-refractivity contribution in [3.8, 4) is 0 Å². The Bertz CT molecular complexity index is 328. The molecule has 0 aromatic carbocycles. The Morgan fingerprint density at radius 2 is 1.30 bits per heavy atom. The summed E-state index contributed by atoms with van der Waals surface area (Å²) in [6.45, 7) is 9.19. The van der Waals surface area contributed by atoms with E-state index < -0.39 is 0 Å². The van der Waals surface area contributed by atoms with Gasteiger partial charge >= 0.3 is 0 Å². The van der Waals surface area contributed by atoms with Gasteiger partial charge in [0.2, 0.25) is 0 Å². The minimum absolute atomic E-state index is 0.0842. The van der Waals surface area contributed by atoms with E-state index in [9.17, 15) is 10.2 Å². The lowest BCUT2D eigenvalue weighted by Gasteiger charge is -2.52. The zero-order valence-corrected chi connectivity index (χ0v) is 15.9. The quantitative estimate of drug-likeness (QED) is 0.708. The van der Waals surface area contributed by atoms with Crippen LogP contribution >= 0.6 is 0 Å². The number of aliphatic hydroxyl groups excluding tert-OH is 2. The fourth-order valence-corrected chi connectivity index (χ4v) is 5.81. The number of hydrogen-bond donors (Lipinski definition) is 2. The highest BCUT2D eigenvalue weighted by Gasteiger charge is 2.47. The van der Waals surface area contributed by atoms with Gasteiger partial charge in [-0.15, -0.1) is 0 Å². The second kappa shape index (κ2) is 8.34. The first-order valence-electron chi connectivity index (χ1n) is 10.3. The van der Waals surface area contributed by atoms with E-state index in [1.807, 2.05) is 0 Å². The molecule has 2 heteroatoms. The number of aliphatic hydroxyl groups is 2. The molecule has 0 aliphatic heterocycles. The van der Waals surface area contributed by atoms with Crippen LogP contribution < -0.4 is 0 Å². The maximum absolute atomic E-state index is 10.2. The highest BCUT2D eigenvalue weighted by Crippen LogP contribution is 2.55. The number of unbranched alkanes of at least 4 members (excludes halogenated alkanes) is 1. The van der Waals surface area contributed by atoms with Crippen molar-refractivity contribution in [1.29, 1.82) is 0 Å². The maximum Gasteiger partial charge on any atom is 0.0566 e. The summed E-state index contributed by atoms with van der Waals surface area (Å²) in [6, 6.07) is 0. The Hall–Kier alpha value is -0.0800. The van der Waals surface area contributed by atoms with Gasteiger partial charge in [-0.25, -0.2) is 0 Å². The molecular formula is C21H40O2. The maximum atomic E-state index is 10.2. The van der Waals surface area contributed by atoms with E-state index >= 15 is 0 Å². The summed E-state index contributed by atoms with van der Waals surface area (Å²) in [5, 5.41) is 20.3. The molecule has 0 spiro atoms. The smallest absolute Gasteiger partial charge is 0.0566 e. The summed E-state index contributed by atoms with van der Waals surface area (Å²) in [6.07, 6.45) is 11.8. The molecule has 2 aliphatic carbocycles. The molecule has 23 heavy (non-hydrogen) atoms. The van der Waals surface area contributed by atoms with Gasteiger partial charge in [0.05, 0.1) is 12.2 Å². The average molecular weight is 325 g/mol. The summed E-state index contributed by atoms with van der Waals surface area (Å²) < 4.78 is 0. The lowest BCUT2D eigenvalue weighted by Crippen LogP contribution is -2.45. The van der Waals surface area contributed by atoms with Crippen LogP contribution in [0.25, 0.3) is 0 Å². The molecule has 0 heterocycles. The molecule has 0 bridgehead atoms. The zero-order chi connectivity index (χ0) is 17.0. The van der Waals surface area contributed by atoms with Gasteiger partial charge in [0, 0.05) is 0 Å². The summed E-state index contributed by atoms with van der Waals surface area (Å²) in [5.41, 5.74) is 0.443. The molecule has 2 fully saturated rings. The van der Waals surface area contributed by atoms with E-state index in [2.05, 4.69) is 27.7 Å². The van der Waals surface area contributed by atoms with E-state index in [-0.39, 0.29) is 12.2 Å². The molecule has 2 N–H and O–H groups in total. The summed E-state index contributed by atoms with van der Waals surface area (Å²) in [5.74, 6) is 2.44. The van der Waals surface area contributed by atoms with Gasteiger partial charge in [-0.05, 0) is 80.5 Å². The second-order valence-electron chi connectivity index (χ2n) is 8.80. The Labute approximate surface area is 144 Å². The van der Waals surface area contributed by atoms with Crippen LogP contribution in [0.1, 0.15) is 91.9 Å². The van der Waals surface area contributed by atoms with Gasteiger partial charge in [-0.3, -0.25) is 0 Å². The third kappa shape index (κ3) is 4.12. The highest BCUT2D eigenvalue weighted by atomic mass is 16.3. The fraction of sp³-hybridized carbons (Fsp3) is 1.00. The van der Waals surface area contributed by atoms with Crippen LogP contribution in [0, 0.1) is 29.1 Å². The van der Waals surface area contributed by atoms with Gasteiger partial charge in [0.1, 0.15) is 0 Å². The lowest BCUT2D eigenvalue weighted by molar-refractivity contribution is -0.0592. The summed E-state index contributed by atoms with van der Waals surface area (Å²) >= 11 is 0. The highest BCUT2D eigenvalue weighted by molar-refractivity contribution is 4.97. The Morgan fingerprint density at radius 3 is 1.65 bits per heavy atom. The largest absolute Gasteiger partial charge is 0.393 e. The van der Waals surface area contributed by atoms with Crippen molar-refractivity contribution in [3.05, 3.63) is 0 Å². The molecule has 0 saturated heterocycles. The number of rotatable bonds is 6. The predicted octanol–water partition coefficient (Wildman–Crippen LogP) is 5.17. The van der Waals surface area contributed by atoms with Crippen LogP contribution in [-0.4, -0.2) is 22.4 Å². The molecule has 0 aromatic heterocycles. The van der Waals surface area contributed by atoms with Crippen LogP contribution in [0.3, 0.4) is 0 Å². The van der Waals surface area contributed by atoms with Crippen LogP contribution in [0.15, 0.2) is 0 Å². The van der Waals surface area contributed by atoms with Gasteiger partial charge in [-0.2, -0.15) is 0 Å².